The van der Waals surface area contributed by atoms with Crippen molar-refractivity contribution in [3.63, 3.8) is 0 Å². The van der Waals surface area contributed by atoms with Gasteiger partial charge in [0.1, 0.15) is 11.5 Å². The number of aliphatic imine (C=N–C) groups is 3. The van der Waals surface area contributed by atoms with Crippen LogP contribution in [0.5, 0.6) is 11.5 Å². The quantitative estimate of drug-likeness (QED) is 0.281. The molecular formula is C41H61N5O2. The Morgan fingerprint density at radius 2 is 1.56 bits per heavy atom. The number of phenolic OH excluding ortho intramolecular Hbond substituents is 2. The minimum Gasteiger partial charge on any atom is -0.507 e. The van der Waals surface area contributed by atoms with E-state index in [0.29, 0.717) is 11.5 Å². The van der Waals surface area contributed by atoms with Crippen molar-refractivity contribution >= 4 is 18.4 Å². The molecule has 0 aromatic heterocycles. The molecule has 7 nitrogen and oxygen atoms in total. The number of aromatic hydroxyl groups is 2. The third kappa shape index (κ3) is 8.62. The van der Waals surface area contributed by atoms with Crippen molar-refractivity contribution in [3.05, 3.63) is 57.6 Å². The molecule has 1 saturated heterocycles. The lowest BCUT2D eigenvalue weighted by Gasteiger charge is -2.41. The van der Waals surface area contributed by atoms with E-state index in [2.05, 4.69) is 90.3 Å². The number of phenols is 2. The van der Waals surface area contributed by atoms with Gasteiger partial charge < -0.3 is 20.0 Å². The molecule has 1 saturated carbocycles. The molecule has 2 N–H and O–H groups in total. The zero-order chi connectivity index (χ0) is 34.9. The van der Waals surface area contributed by atoms with Gasteiger partial charge in [-0.2, -0.15) is 0 Å². The average molecular weight is 656 g/mol. The van der Waals surface area contributed by atoms with Gasteiger partial charge in [0.2, 0.25) is 0 Å². The molecule has 2 heterocycles. The first-order valence-electron chi connectivity index (χ1n) is 18.3. The summed E-state index contributed by atoms with van der Waals surface area (Å²) in [6.45, 7) is 24.9. The summed E-state index contributed by atoms with van der Waals surface area (Å²) in [5, 5.41) is 22.8. The first kappa shape index (κ1) is 35.9. The van der Waals surface area contributed by atoms with E-state index in [0.717, 1.165) is 99.1 Å². The Labute approximate surface area is 290 Å². The number of guanidine groups is 1. The molecule has 2 atom stereocenters. The van der Waals surface area contributed by atoms with Crippen molar-refractivity contribution in [2.45, 2.75) is 130 Å². The highest BCUT2D eigenvalue weighted by Gasteiger charge is 2.34. The number of nitrogens with zero attached hydrogens (tertiary/aromatic N) is 5. The summed E-state index contributed by atoms with van der Waals surface area (Å²) in [5.41, 5.74) is 5.74. The highest BCUT2D eigenvalue weighted by atomic mass is 16.3. The van der Waals surface area contributed by atoms with Crippen LogP contribution >= 0.6 is 0 Å². The second kappa shape index (κ2) is 14.2. The zero-order valence-corrected chi connectivity index (χ0v) is 31.2. The van der Waals surface area contributed by atoms with Crippen molar-refractivity contribution in [1.82, 2.24) is 9.80 Å². The predicted octanol–water partition coefficient (Wildman–Crippen LogP) is 8.19. The van der Waals surface area contributed by atoms with Crippen LogP contribution in [0.25, 0.3) is 0 Å². The smallest absolute Gasteiger partial charge is 0.196 e. The summed E-state index contributed by atoms with van der Waals surface area (Å²) < 4.78 is 0. The minimum atomic E-state index is -0.165. The fraction of sp³-hybridized carbons (Fsp3) is 0.634. The van der Waals surface area contributed by atoms with Crippen LogP contribution in [0, 0.1) is 12.3 Å². The second-order valence-corrected chi connectivity index (χ2v) is 17.4. The number of fused-ring (bicyclic) bond motifs is 1. The summed E-state index contributed by atoms with van der Waals surface area (Å²) in [6, 6.07) is 8.39. The van der Waals surface area contributed by atoms with Crippen LogP contribution < -0.4 is 0 Å². The third-order valence-electron chi connectivity index (χ3n) is 10.4. The van der Waals surface area contributed by atoms with Crippen LogP contribution in [-0.4, -0.2) is 83.2 Å². The van der Waals surface area contributed by atoms with Crippen molar-refractivity contribution in [2.24, 2.45) is 20.4 Å². The zero-order valence-electron chi connectivity index (χ0n) is 31.2. The average Bonchev–Trinajstić information content (AvgIpc) is 3.00. The Hall–Kier alpha value is -3.35. The van der Waals surface area contributed by atoms with Gasteiger partial charge in [0, 0.05) is 61.8 Å². The van der Waals surface area contributed by atoms with E-state index in [1.807, 2.05) is 18.5 Å². The van der Waals surface area contributed by atoms with Gasteiger partial charge in [0.25, 0.3) is 0 Å². The summed E-state index contributed by atoms with van der Waals surface area (Å²) in [6.07, 6.45) is 10.8. The topological polar surface area (TPSA) is 84.0 Å². The first-order chi connectivity index (χ1) is 22.5. The molecule has 7 heteroatoms. The van der Waals surface area contributed by atoms with Gasteiger partial charge in [0.05, 0.1) is 12.1 Å². The number of rotatable bonds is 8. The van der Waals surface area contributed by atoms with Gasteiger partial charge >= 0.3 is 0 Å². The van der Waals surface area contributed by atoms with E-state index in [1.54, 1.807) is 0 Å². The molecular weight excluding hydrogens is 594 g/mol. The third-order valence-corrected chi connectivity index (χ3v) is 10.4. The summed E-state index contributed by atoms with van der Waals surface area (Å²) in [7, 11) is 0. The molecule has 0 spiro atoms. The summed E-state index contributed by atoms with van der Waals surface area (Å²) in [4.78, 5) is 20.0. The lowest BCUT2D eigenvalue weighted by Crippen LogP contribution is -2.52. The van der Waals surface area contributed by atoms with Crippen molar-refractivity contribution in [3.8, 4) is 11.5 Å². The molecule has 0 bridgehead atoms. The standard InChI is InChI=1S/C41H61N5O2/c1-28-21-30(37(48)33(22-28)40(5,6)7)26-43-34-14-15-41(8,9)25-35(34)44-27-31-24-32(39(2,3)4)23-29(36(31)47)13-10-17-45-19-12-20-46-18-11-16-42-38(45)46/h21-24,26-27,34-35,47-48H,10-20,25H2,1-9H3. The Kier molecular flexibility index (Phi) is 10.7. The molecule has 262 valence electrons. The van der Waals surface area contributed by atoms with Gasteiger partial charge in [0.15, 0.2) is 5.96 Å². The maximum absolute atomic E-state index is 11.6. The Balaban J connectivity index is 1.38. The van der Waals surface area contributed by atoms with Crippen molar-refractivity contribution in [2.75, 3.05) is 32.7 Å². The Morgan fingerprint density at radius 1 is 0.875 bits per heavy atom. The molecule has 5 rings (SSSR count). The summed E-state index contributed by atoms with van der Waals surface area (Å²) >= 11 is 0. The molecule has 0 radical (unpaired) electrons. The van der Waals surface area contributed by atoms with Crippen LogP contribution in [-0.2, 0) is 17.3 Å². The van der Waals surface area contributed by atoms with E-state index in [4.69, 9.17) is 15.0 Å². The maximum atomic E-state index is 11.6. The lowest BCUT2D eigenvalue weighted by atomic mass is 9.73. The number of hydrogen-bond acceptors (Lipinski definition) is 7. The van der Waals surface area contributed by atoms with E-state index in [9.17, 15) is 10.2 Å². The molecule has 48 heavy (non-hydrogen) atoms. The van der Waals surface area contributed by atoms with Gasteiger partial charge in [-0.25, -0.2) is 0 Å². The van der Waals surface area contributed by atoms with Crippen LogP contribution in [0.2, 0.25) is 0 Å². The fourth-order valence-electron chi connectivity index (χ4n) is 7.51. The largest absolute Gasteiger partial charge is 0.507 e. The molecule has 2 aromatic rings. The van der Waals surface area contributed by atoms with Crippen molar-refractivity contribution in [1.29, 1.82) is 0 Å². The number of aryl methyl sites for hydroxylation is 2. The van der Waals surface area contributed by atoms with Crippen LogP contribution in [0.3, 0.4) is 0 Å². The van der Waals surface area contributed by atoms with E-state index >= 15 is 0 Å². The van der Waals surface area contributed by atoms with Crippen LogP contribution in [0.1, 0.15) is 127 Å². The van der Waals surface area contributed by atoms with Gasteiger partial charge in [-0.1, -0.05) is 67.5 Å². The Bertz CT molecular complexity index is 1540. The van der Waals surface area contributed by atoms with Gasteiger partial charge in [-0.15, -0.1) is 0 Å². The highest BCUT2D eigenvalue weighted by Crippen LogP contribution is 2.39. The first-order valence-corrected chi connectivity index (χ1v) is 18.3. The fourth-order valence-corrected chi connectivity index (χ4v) is 7.51. The van der Waals surface area contributed by atoms with Gasteiger partial charge in [-0.3, -0.25) is 15.0 Å². The van der Waals surface area contributed by atoms with E-state index in [-0.39, 0.29) is 28.3 Å². The van der Waals surface area contributed by atoms with Gasteiger partial charge in [-0.05, 0) is 96.9 Å². The number of hydrogen-bond donors (Lipinski definition) is 2. The number of benzene rings is 2. The molecule has 0 amide bonds. The second-order valence-electron chi connectivity index (χ2n) is 17.4. The summed E-state index contributed by atoms with van der Waals surface area (Å²) in [5.74, 6) is 1.83. The Morgan fingerprint density at radius 3 is 2.27 bits per heavy atom. The monoisotopic (exact) mass is 655 g/mol. The molecule has 2 aromatic carbocycles. The molecule has 1 aliphatic carbocycles. The normalized spacial score (nSPS) is 22.0. The van der Waals surface area contributed by atoms with Crippen LogP contribution in [0.4, 0.5) is 0 Å². The maximum Gasteiger partial charge on any atom is 0.196 e. The highest BCUT2D eigenvalue weighted by molar-refractivity contribution is 5.86. The minimum absolute atomic E-state index is 0.00601. The molecule has 2 unspecified atom stereocenters. The molecule has 3 aliphatic rings. The predicted molar refractivity (Wildman–Crippen MR) is 202 cm³/mol. The molecule has 2 aliphatic heterocycles. The lowest BCUT2D eigenvalue weighted by molar-refractivity contribution is 0.203. The van der Waals surface area contributed by atoms with E-state index < -0.39 is 0 Å². The van der Waals surface area contributed by atoms with E-state index in [1.165, 1.54) is 17.9 Å². The SMILES string of the molecule is Cc1cc(C=NC2CCC(C)(C)CC2N=Cc2cc(C(C)(C)C)cc(CCCN3CCCN4CCCN=C43)c2O)c(O)c(C(C)(C)C)c1. The van der Waals surface area contributed by atoms with Crippen LogP contribution in [0.15, 0.2) is 39.2 Å². The van der Waals surface area contributed by atoms with Crippen molar-refractivity contribution < 1.29 is 10.2 Å². The molecule has 2 fully saturated rings.